The number of aromatic nitrogens is 2. The van der Waals surface area contributed by atoms with E-state index in [2.05, 4.69) is 47.9 Å². The number of nitrogens with zero attached hydrogens (tertiary/aromatic N) is 3. The fraction of sp³-hybridized carbons (Fsp3) is 0.765. The predicted molar refractivity (Wildman–Crippen MR) is 92.7 cm³/mol. The highest BCUT2D eigenvalue weighted by Crippen LogP contribution is 2.14. The number of hydrogen-bond acceptors (Lipinski definition) is 5. The normalized spacial score (nSPS) is 11.0. The molecule has 0 atom stereocenters. The summed E-state index contributed by atoms with van der Waals surface area (Å²) in [7, 11) is 0. The standard InChI is InChI=1S/C17H32N4O/c1-5-9-13-22-17-14-16(19-15(6-2)20-17)18-11-10-12-21(7-3)8-4/h14H,5-13H2,1-4H3,(H,18,19,20). The maximum Gasteiger partial charge on any atom is 0.218 e. The number of anilines is 1. The Bertz CT molecular complexity index is 408. The van der Waals surface area contributed by atoms with Gasteiger partial charge in [-0.15, -0.1) is 0 Å². The fourth-order valence-corrected chi connectivity index (χ4v) is 2.18. The van der Waals surface area contributed by atoms with Crippen molar-refractivity contribution >= 4 is 5.82 Å². The fourth-order valence-electron chi connectivity index (χ4n) is 2.18. The van der Waals surface area contributed by atoms with Gasteiger partial charge in [0, 0.05) is 19.0 Å². The van der Waals surface area contributed by atoms with Crippen LogP contribution in [0.1, 0.15) is 52.8 Å². The van der Waals surface area contributed by atoms with Crippen molar-refractivity contribution in [1.29, 1.82) is 0 Å². The van der Waals surface area contributed by atoms with Crippen LogP contribution >= 0.6 is 0 Å². The van der Waals surface area contributed by atoms with Crippen LogP contribution in [0.25, 0.3) is 0 Å². The van der Waals surface area contributed by atoms with Crippen LogP contribution in [0.5, 0.6) is 5.88 Å². The number of rotatable bonds is 12. The van der Waals surface area contributed by atoms with Gasteiger partial charge in [-0.25, -0.2) is 4.98 Å². The van der Waals surface area contributed by atoms with E-state index in [0.717, 1.165) is 70.1 Å². The van der Waals surface area contributed by atoms with E-state index in [1.807, 2.05) is 6.07 Å². The molecule has 0 saturated carbocycles. The van der Waals surface area contributed by atoms with Gasteiger partial charge < -0.3 is 15.0 Å². The molecule has 1 aromatic rings. The summed E-state index contributed by atoms with van der Waals surface area (Å²) in [4.78, 5) is 11.4. The molecule has 0 spiro atoms. The van der Waals surface area contributed by atoms with Crippen LogP contribution in [0, 0.1) is 0 Å². The van der Waals surface area contributed by atoms with E-state index < -0.39 is 0 Å². The van der Waals surface area contributed by atoms with Crippen LogP contribution in [0.3, 0.4) is 0 Å². The third-order valence-electron chi connectivity index (χ3n) is 3.66. The third-order valence-corrected chi connectivity index (χ3v) is 3.66. The maximum atomic E-state index is 5.71. The van der Waals surface area contributed by atoms with Gasteiger partial charge in [-0.1, -0.05) is 34.1 Å². The molecule has 5 heteroatoms. The Kier molecular flexibility index (Phi) is 9.55. The zero-order valence-corrected chi connectivity index (χ0v) is 14.7. The molecule has 0 aromatic carbocycles. The Hall–Kier alpha value is -1.36. The van der Waals surface area contributed by atoms with Crippen LogP contribution in [0.4, 0.5) is 5.82 Å². The number of aryl methyl sites for hydroxylation is 1. The molecule has 1 aromatic heterocycles. The first-order valence-corrected chi connectivity index (χ1v) is 8.70. The predicted octanol–water partition coefficient (Wildman–Crippen LogP) is 3.36. The zero-order chi connectivity index (χ0) is 16.2. The highest BCUT2D eigenvalue weighted by molar-refractivity contribution is 5.38. The van der Waals surface area contributed by atoms with Crippen molar-refractivity contribution in [3.63, 3.8) is 0 Å². The third kappa shape index (κ3) is 7.07. The average molecular weight is 308 g/mol. The van der Waals surface area contributed by atoms with E-state index in [1.54, 1.807) is 0 Å². The molecule has 1 heterocycles. The summed E-state index contributed by atoms with van der Waals surface area (Å²) in [6, 6.07) is 1.91. The molecule has 0 aliphatic heterocycles. The van der Waals surface area contributed by atoms with Gasteiger partial charge in [-0.2, -0.15) is 4.98 Å². The van der Waals surface area contributed by atoms with Gasteiger partial charge in [0.15, 0.2) is 0 Å². The molecule has 22 heavy (non-hydrogen) atoms. The molecule has 0 aliphatic rings. The SMILES string of the molecule is CCCCOc1cc(NCCCN(CC)CC)nc(CC)n1. The second-order valence-corrected chi connectivity index (χ2v) is 5.37. The van der Waals surface area contributed by atoms with Crippen LogP contribution < -0.4 is 10.1 Å². The van der Waals surface area contributed by atoms with Crippen molar-refractivity contribution in [2.75, 3.05) is 38.1 Å². The maximum absolute atomic E-state index is 5.71. The molecular formula is C17H32N4O. The molecule has 0 radical (unpaired) electrons. The van der Waals surface area contributed by atoms with Gasteiger partial charge in [0.25, 0.3) is 0 Å². The summed E-state index contributed by atoms with van der Waals surface area (Å²) in [5.41, 5.74) is 0. The lowest BCUT2D eigenvalue weighted by atomic mass is 10.3. The first-order valence-electron chi connectivity index (χ1n) is 8.70. The summed E-state index contributed by atoms with van der Waals surface area (Å²) >= 11 is 0. The summed E-state index contributed by atoms with van der Waals surface area (Å²) in [6.07, 6.45) is 4.11. The summed E-state index contributed by atoms with van der Waals surface area (Å²) in [5, 5.41) is 3.40. The molecular weight excluding hydrogens is 276 g/mol. The second-order valence-electron chi connectivity index (χ2n) is 5.37. The number of ether oxygens (including phenoxy) is 1. The van der Waals surface area contributed by atoms with E-state index in [0.29, 0.717) is 5.88 Å². The van der Waals surface area contributed by atoms with E-state index in [9.17, 15) is 0 Å². The van der Waals surface area contributed by atoms with E-state index >= 15 is 0 Å². The molecule has 5 nitrogen and oxygen atoms in total. The van der Waals surface area contributed by atoms with Gasteiger partial charge in [0.1, 0.15) is 11.6 Å². The lowest BCUT2D eigenvalue weighted by Crippen LogP contribution is -2.25. The van der Waals surface area contributed by atoms with Crippen LogP contribution in [-0.2, 0) is 6.42 Å². The Labute approximate surface area is 135 Å². The van der Waals surface area contributed by atoms with Crippen molar-refractivity contribution in [1.82, 2.24) is 14.9 Å². The highest BCUT2D eigenvalue weighted by atomic mass is 16.5. The monoisotopic (exact) mass is 308 g/mol. The zero-order valence-electron chi connectivity index (χ0n) is 14.7. The lowest BCUT2D eigenvalue weighted by Gasteiger charge is -2.18. The Morgan fingerprint density at radius 1 is 1.09 bits per heavy atom. The Morgan fingerprint density at radius 2 is 1.86 bits per heavy atom. The Morgan fingerprint density at radius 3 is 2.50 bits per heavy atom. The van der Waals surface area contributed by atoms with Crippen molar-refractivity contribution < 1.29 is 4.74 Å². The second kappa shape index (κ2) is 11.2. The number of hydrogen-bond donors (Lipinski definition) is 1. The van der Waals surface area contributed by atoms with Gasteiger partial charge in [0.2, 0.25) is 5.88 Å². The largest absolute Gasteiger partial charge is 0.478 e. The summed E-state index contributed by atoms with van der Waals surface area (Å²) in [6.45, 7) is 13.6. The van der Waals surface area contributed by atoms with Crippen molar-refractivity contribution in [3.8, 4) is 5.88 Å². The van der Waals surface area contributed by atoms with Crippen LogP contribution in [0.15, 0.2) is 6.07 Å². The molecule has 0 unspecified atom stereocenters. The summed E-state index contributed by atoms with van der Waals surface area (Å²) < 4.78 is 5.71. The highest BCUT2D eigenvalue weighted by Gasteiger charge is 2.05. The molecule has 126 valence electrons. The number of unbranched alkanes of at least 4 members (excludes halogenated alkanes) is 1. The molecule has 1 N–H and O–H groups in total. The quantitative estimate of drug-likeness (QED) is 0.600. The Balaban J connectivity index is 2.48. The number of nitrogens with one attached hydrogen (secondary N) is 1. The molecule has 0 saturated heterocycles. The molecule has 0 fully saturated rings. The van der Waals surface area contributed by atoms with Crippen LogP contribution in [0.2, 0.25) is 0 Å². The first kappa shape index (κ1) is 18.7. The minimum Gasteiger partial charge on any atom is -0.478 e. The van der Waals surface area contributed by atoms with Crippen LogP contribution in [-0.4, -0.2) is 47.7 Å². The minimum atomic E-state index is 0.687. The average Bonchev–Trinajstić information content (AvgIpc) is 2.55. The van der Waals surface area contributed by atoms with Crippen molar-refractivity contribution in [2.45, 2.75) is 53.4 Å². The lowest BCUT2D eigenvalue weighted by molar-refractivity contribution is 0.296. The minimum absolute atomic E-state index is 0.687. The molecule has 0 amide bonds. The van der Waals surface area contributed by atoms with Crippen molar-refractivity contribution in [2.24, 2.45) is 0 Å². The van der Waals surface area contributed by atoms with Gasteiger partial charge in [-0.3, -0.25) is 0 Å². The van der Waals surface area contributed by atoms with Gasteiger partial charge in [0.05, 0.1) is 6.61 Å². The van der Waals surface area contributed by atoms with E-state index in [1.165, 1.54) is 0 Å². The molecule has 1 rings (SSSR count). The van der Waals surface area contributed by atoms with Crippen molar-refractivity contribution in [3.05, 3.63) is 11.9 Å². The smallest absolute Gasteiger partial charge is 0.218 e. The first-order chi connectivity index (χ1) is 10.7. The molecule has 0 bridgehead atoms. The van der Waals surface area contributed by atoms with Gasteiger partial charge >= 0.3 is 0 Å². The summed E-state index contributed by atoms with van der Waals surface area (Å²) in [5.74, 6) is 2.39. The van der Waals surface area contributed by atoms with Gasteiger partial charge in [-0.05, 0) is 32.5 Å². The topological polar surface area (TPSA) is 50.3 Å². The van der Waals surface area contributed by atoms with E-state index in [4.69, 9.17) is 4.74 Å². The van der Waals surface area contributed by atoms with E-state index in [-0.39, 0.29) is 0 Å². The molecule has 0 aliphatic carbocycles.